The number of hydrogen-bond donors (Lipinski definition) is 1. The van der Waals surface area contributed by atoms with Gasteiger partial charge in [0, 0.05) is 6.54 Å². The van der Waals surface area contributed by atoms with E-state index in [0.717, 1.165) is 5.56 Å². The van der Waals surface area contributed by atoms with E-state index in [4.69, 9.17) is 9.26 Å². The molecule has 1 atom stereocenters. The molecule has 0 bridgehead atoms. The lowest BCUT2D eigenvalue weighted by molar-refractivity contribution is -0.129. The molecule has 1 aromatic heterocycles. The fourth-order valence-electron chi connectivity index (χ4n) is 2.13. The molecule has 2 rings (SSSR count). The maximum Gasteiger partial charge on any atom is 0.344 e. The van der Waals surface area contributed by atoms with Crippen LogP contribution >= 0.6 is 0 Å². The summed E-state index contributed by atoms with van der Waals surface area (Å²) in [4.78, 5) is 24.2. The van der Waals surface area contributed by atoms with Crippen molar-refractivity contribution in [1.82, 2.24) is 10.5 Å². The molecule has 1 aromatic carbocycles. The summed E-state index contributed by atoms with van der Waals surface area (Å²) >= 11 is 0. The number of esters is 1. The van der Waals surface area contributed by atoms with Crippen molar-refractivity contribution in [3.05, 3.63) is 52.7 Å². The van der Waals surface area contributed by atoms with Gasteiger partial charge in [0.25, 0.3) is 5.91 Å². The van der Waals surface area contributed by atoms with Crippen LogP contribution in [0.15, 0.2) is 28.8 Å². The molecule has 0 radical (unpaired) electrons. The molecule has 0 aliphatic carbocycles. The minimum absolute atomic E-state index is 0.216. The maximum absolute atomic E-state index is 12.8. The fraction of sp³-hybridized carbons (Fsp3) is 0.353. The lowest BCUT2D eigenvalue weighted by atomic mass is 10.1. The first-order valence-electron chi connectivity index (χ1n) is 7.60. The molecule has 128 valence electrons. The minimum atomic E-state index is -0.975. The Morgan fingerprint density at radius 3 is 2.62 bits per heavy atom. The Bertz CT molecular complexity index is 725. The maximum atomic E-state index is 12.8. The van der Waals surface area contributed by atoms with Crippen LogP contribution in [0, 0.1) is 12.7 Å². The highest BCUT2D eigenvalue weighted by atomic mass is 19.1. The number of nitrogens with one attached hydrogen (secondary N) is 1. The first kappa shape index (κ1) is 17.7. The number of ether oxygens (including phenoxy) is 1. The van der Waals surface area contributed by atoms with Crippen molar-refractivity contribution in [1.29, 1.82) is 0 Å². The molecule has 0 spiro atoms. The van der Waals surface area contributed by atoms with Gasteiger partial charge in [0.2, 0.25) is 0 Å². The smallest absolute Gasteiger partial charge is 0.344 e. The van der Waals surface area contributed by atoms with Crippen LogP contribution in [0.3, 0.4) is 0 Å². The zero-order valence-electron chi connectivity index (χ0n) is 13.8. The van der Waals surface area contributed by atoms with Gasteiger partial charge in [0.05, 0.1) is 5.69 Å². The van der Waals surface area contributed by atoms with E-state index in [1.807, 2.05) is 6.92 Å². The predicted octanol–water partition coefficient (Wildman–Crippen LogP) is 2.55. The Hall–Kier alpha value is -2.70. The normalized spacial score (nSPS) is 11.8. The molecular formula is C17H19FN2O4. The number of aryl methyl sites for hydroxylation is 2. The highest BCUT2D eigenvalue weighted by molar-refractivity contribution is 5.93. The van der Waals surface area contributed by atoms with Gasteiger partial charge in [0.1, 0.15) is 17.1 Å². The highest BCUT2D eigenvalue weighted by Crippen LogP contribution is 2.16. The Kier molecular flexibility index (Phi) is 5.68. The number of halogens is 1. The Morgan fingerprint density at radius 2 is 2.00 bits per heavy atom. The first-order chi connectivity index (χ1) is 11.4. The second-order valence-electron chi connectivity index (χ2n) is 5.31. The second-order valence-corrected chi connectivity index (χ2v) is 5.31. The van der Waals surface area contributed by atoms with Crippen LogP contribution in [-0.4, -0.2) is 23.1 Å². The summed E-state index contributed by atoms with van der Waals surface area (Å²) in [6, 6.07) is 5.76. The molecule has 0 aliphatic heterocycles. The molecule has 6 nitrogen and oxygen atoms in total. The van der Waals surface area contributed by atoms with Crippen LogP contribution in [0.1, 0.15) is 41.2 Å². The van der Waals surface area contributed by atoms with Crippen molar-refractivity contribution in [2.24, 2.45) is 0 Å². The lowest BCUT2D eigenvalue weighted by Crippen LogP contribution is -2.35. The van der Waals surface area contributed by atoms with Gasteiger partial charge in [-0.05, 0) is 38.0 Å². The standard InChI is InChI=1S/C17H19FN2O4/c1-4-14-15(10(2)24-20-14)17(22)23-11(3)16(21)19-9-12-5-7-13(18)8-6-12/h5-8,11H,4,9H2,1-3H3,(H,19,21)/t11-/m1/s1. The van der Waals surface area contributed by atoms with E-state index in [2.05, 4.69) is 10.5 Å². The number of carbonyl (C=O) groups is 2. The largest absolute Gasteiger partial charge is 0.449 e. The molecule has 2 aromatic rings. The van der Waals surface area contributed by atoms with E-state index in [9.17, 15) is 14.0 Å². The van der Waals surface area contributed by atoms with Gasteiger partial charge >= 0.3 is 5.97 Å². The zero-order valence-corrected chi connectivity index (χ0v) is 13.8. The van der Waals surface area contributed by atoms with E-state index in [0.29, 0.717) is 17.9 Å². The van der Waals surface area contributed by atoms with Gasteiger partial charge in [-0.15, -0.1) is 0 Å². The number of hydrogen-bond acceptors (Lipinski definition) is 5. The SMILES string of the molecule is CCc1noc(C)c1C(=O)O[C@H](C)C(=O)NCc1ccc(F)cc1. The summed E-state index contributed by atoms with van der Waals surface area (Å²) in [5.74, 6) is -1.08. The van der Waals surface area contributed by atoms with Gasteiger partial charge in [-0.3, -0.25) is 4.79 Å². The minimum Gasteiger partial charge on any atom is -0.449 e. The highest BCUT2D eigenvalue weighted by Gasteiger charge is 2.25. The molecule has 24 heavy (non-hydrogen) atoms. The second kappa shape index (κ2) is 7.72. The Morgan fingerprint density at radius 1 is 1.33 bits per heavy atom. The fourth-order valence-corrected chi connectivity index (χ4v) is 2.13. The van der Waals surface area contributed by atoms with E-state index in [1.54, 1.807) is 19.1 Å². The molecule has 1 amide bonds. The number of aromatic nitrogens is 1. The molecule has 0 saturated carbocycles. The first-order valence-corrected chi connectivity index (χ1v) is 7.60. The van der Waals surface area contributed by atoms with E-state index < -0.39 is 18.0 Å². The third kappa shape index (κ3) is 4.18. The number of nitrogens with zero attached hydrogens (tertiary/aromatic N) is 1. The molecule has 7 heteroatoms. The third-order valence-electron chi connectivity index (χ3n) is 3.51. The Labute approximate surface area is 139 Å². The van der Waals surface area contributed by atoms with Crippen LogP contribution in [0.5, 0.6) is 0 Å². The van der Waals surface area contributed by atoms with E-state index in [-0.39, 0.29) is 17.9 Å². The number of amides is 1. The van der Waals surface area contributed by atoms with Gasteiger partial charge < -0.3 is 14.6 Å². The summed E-state index contributed by atoms with van der Waals surface area (Å²) in [7, 11) is 0. The summed E-state index contributed by atoms with van der Waals surface area (Å²) in [6.45, 7) is 5.15. The van der Waals surface area contributed by atoms with Crippen LogP contribution in [0.4, 0.5) is 4.39 Å². The Balaban J connectivity index is 1.92. The van der Waals surface area contributed by atoms with Crippen molar-refractivity contribution >= 4 is 11.9 Å². The van der Waals surface area contributed by atoms with Gasteiger partial charge in [0.15, 0.2) is 6.10 Å². The number of rotatable bonds is 6. The lowest BCUT2D eigenvalue weighted by Gasteiger charge is -2.13. The van der Waals surface area contributed by atoms with Crippen molar-refractivity contribution < 1.29 is 23.2 Å². The van der Waals surface area contributed by atoms with Crippen molar-refractivity contribution in [3.8, 4) is 0 Å². The summed E-state index contributed by atoms with van der Waals surface area (Å²) in [5, 5.41) is 6.42. The summed E-state index contributed by atoms with van der Waals surface area (Å²) in [6.07, 6.45) is -0.454. The van der Waals surface area contributed by atoms with Gasteiger partial charge in [-0.1, -0.05) is 24.2 Å². The van der Waals surface area contributed by atoms with Gasteiger partial charge in [-0.2, -0.15) is 0 Å². The summed E-state index contributed by atoms with van der Waals surface area (Å²) < 4.78 is 23.0. The third-order valence-corrected chi connectivity index (χ3v) is 3.51. The topological polar surface area (TPSA) is 81.4 Å². The molecule has 0 saturated heterocycles. The molecule has 1 heterocycles. The van der Waals surface area contributed by atoms with Gasteiger partial charge in [-0.25, -0.2) is 9.18 Å². The molecule has 1 N–H and O–H groups in total. The average Bonchev–Trinajstić information content (AvgIpc) is 2.94. The number of benzene rings is 1. The van der Waals surface area contributed by atoms with Crippen molar-refractivity contribution in [3.63, 3.8) is 0 Å². The van der Waals surface area contributed by atoms with Crippen molar-refractivity contribution in [2.45, 2.75) is 39.8 Å². The van der Waals surface area contributed by atoms with E-state index >= 15 is 0 Å². The quantitative estimate of drug-likeness (QED) is 0.821. The van der Waals surface area contributed by atoms with Crippen molar-refractivity contribution in [2.75, 3.05) is 0 Å². The molecule has 0 aliphatic rings. The van der Waals surface area contributed by atoms with Crippen LogP contribution < -0.4 is 5.32 Å². The molecular weight excluding hydrogens is 315 g/mol. The van der Waals surface area contributed by atoms with E-state index in [1.165, 1.54) is 19.1 Å². The summed E-state index contributed by atoms with van der Waals surface area (Å²) in [5.41, 5.74) is 1.50. The predicted molar refractivity (Wildman–Crippen MR) is 83.7 cm³/mol. The van der Waals surface area contributed by atoms with Crippen LogP contribution in [-0.2, 0) is 22.5 Å². The molecule has 0 unspecified atom stereocenters. The van der Waals surface area contributed by atoms with Crippen LogP contribution in [0.25, 0.3) is 0 Å². The van der Waals surface area contributed by atoms with Crippen LogP contribution in [0.2, 0.25) is 0 Å². The average molecular weight is 334 g/mol. The zero-order chi connectivity index (χ0) is 17.7. The monoisotopic (exact) mass is 334 g/mol. The number of carbonyl (C=O) groups excluding carboxylic acids is 2. The molecule has 0 fully saturated rings.